The molecule has 0 aliphatic heterocycles. The molecule has 186 valence electrons. The van der Waals surface area contributed by atoms with Crippen molar-refractivity contribution in [3.05, 3.63) is 65.7 Å². The Bertz CT molecular complexity index is 1080. The second kappa shape index (κ2) is 10.8. The highest BCUT2D eigenvalue weighted by molar-refractivity contribution is 7.88. The number of rotatable bonds is 8. The van der Waals surface area contributed by atoms with Crippen LogP contribution >= 0.6 is 0 Å². The van der Waals surface area contributed by atoms with E-state index in [-0.39, 0.29) is 13.0 Å². The fourth-order valence-corrected chi connectivity index (χ4v) is 3.02. The average molecular weight is 503 g/mol. The summed E-state index contributed by atoms with van der Waals surface area (Å²) in [7, 11) is -5.81. The smallest absolute Gasteiger partial charge is 0.459 e. The third kappa shape index (κ3) is 8.58. The first kappa shape index (κ1) is 27.0. The lowest BCUT2D eigenvalue weighted by molar-refractivity contribution is -0.147. The molecule has 0 bridgehead atoms. The fourth-order valence-electron chi connectivity index (χ4n) is 2.56. The second-order valence-electron chi connectivity index (χ2n) is 8.12. The molecule has 0 aliphatic carbocycles. The zero-order chi connectivity index (χ0) is 25.6. The topological polar surface area (TPSA) is 108 Å². The number of amides is 1. The molecule has 0 fully saturated rings. The minimum atomic E-state index is -5.81. The molecule has 12 heteroatoms. The molecule has 0 saturated heterocycles. The summed E-state index contributed by atoms with van der Waals surface area (Å²) in [4.78, 5) is 24.9. The molecule has 0 saturated carbocycles. The summed E-state index contributed by atoms with van der Waals surface area (Å²) < 4.78 is 74.2. The molecule has 0 aliphatic rings. The first-order chi connectivity index (χ1) is 15.7. The zero-order valence-corrected chi connectivity index (χ0v) is 19.4. The van der Waals surface area contributed by atoms with E-state index >= 15 is 0 Å². The number of benzene rings is 2. The number of alkyl carbamates (subject to hydrolysis) is 1. The third-order valence-electron chi connectivity index (χ3n) is 4.05. The predicted molar refractivity (Wildman–Crippen MR) is 115 cm³/mol. The number of carbonyl (C=O) groups is 2. The van der Waals surface area contributed by atoms with Gasteiger partial charge in [0.05, 0.1) is 0 Å². The quantitative estimate of drug-likeness (QED) is 0.328. The van der Waals surface area contributed by atoms with Gasteiger partial charge in [0.15, 0.2) is 0 Å². The number of carbonyl (C=O) groups excluding carboxylic acids is 2. The van der Waals surface area contributed by atoms with E-state index in [1.54, 1.807) is 51.1 Å². The number of esters is 1. The molecule has 2 aromatic carbocycles. The van der Waals surface area contributed by atoms with Gasteiger partial charge in [-0.2, -0.15) is 21.6 Å². The van der Waals surface area contributed by atoms with E-state index in [2.05, 4.69) is 9.50 Å². The standard InChI is InChI=1S/C22H24F3NO7S/c1-21(2,3)32-20(28)26-18(19(27)31-14-16-7-5-4-6-8-16)13-15-9-11-17(12-10-15)33-34(29,30)22(23,24)25/h4-12,18H,13-14H2,1-3H3,(H,26,28)/t18-/m0/s1. The summed E-state index contributed by atoms with van der Waals surface area (Å²) in [5.74, 6) is -1.33. The summed E-state index contributed by atoms with van der Waals surface area (Å²) in [6.45, 7) is 4.88. The van der Waals surface area contributed by atoms with E-state index in [4.69, 9.17) is 9.47 Å². The Hall–Kier alpha value is -3.28. The maximum absolute atomic E-state index is 12.7. The van der Waals surface area contributed by atoms with Crippen molar-refractivity contribution in [2.24, 2.45) is 0 Å². The molecule has 1 atom stereocenters. The average Bonchev–Trinajstić information content (AvgIpc) is 2.71. The van der Waals surface area contributed by atoms with Crippen molar-refractivity contribution in [3.8, 4) is 5.75 Å². The lowest BCUT2D eigenvalue weighted by Crippen LogP contribution is -2.45. The van der Waals surface area contributed by atoms with Gasteiger partial charge in [-0.25, -0.2) is 9.59 Å². The highest BCUT2D eigenvalue weighted by Crippen LogP contribution is 2.27. The van der Waals surface area contributed by atoms with Gasteiger partial charge >= 0.3 is 27.7 Å². The molecule has 0 spiro atoms. The summed E-state index contributed by atoms with van der Waals surface area (Å²) in [6, 6.07) is 12.1. The van der Waals surface area contributed by atoms with Gasteiger partial charge < -0.3 is 19.0 Å². The molecule has 34 heavy (non-hydrogen) atoms. The van der Waals surface area contributed by atoms with Gasteiger partial charge in [0, 0.05) is 6.42 Å². The Kier molecular flexibility index (Phi) is 8.54. The minimum Gasteiger partial charge on any atom is -0.459 e. The Labute approximate surface area is 195 Å². The van der Waals surface area contributed by atoms with Crippen LogP contribution in [0.5, 0.6) is 5.75 Å². The minimum absolute atomic E-state index is 0.0474. The Balaban J connectivity index is 2.13. The number of nitrogens with one attached hydrogen (secondary N) is 1. The van der Waals surface area contributed by atoms with Gasteiger partial charge in [-0.05, 0) is 44.0 Å². The predicted octanol–water partition coefficient (Wildman–Crippen LogP) is 4.09. The van der Waals surface area contributed by atoms with Crippen LogP contribution in [0.1, 0.15) is 31.9 Å². The first-order valence-corrected chi connectivity index (χ1v) is 11.4. The van der Waals surface area contributed by atoms with E-state index in [1.165, 1.54) is 12.1 Å². The number of alkyl halides is 3. The largest absolute Gasteiger partial charge is 0.534 e. The normalized spacial score (nSPS) is 13.0. The van der Waals surface area contributed by atoms with Gasteiger partial charge in [0.2, 0.25) is 0 Å². The molecular weight excluding hydrogens is 479 g/mol. The Morgan fingerprint density at radius 2 is 1.53 bits per heavy atom. The Morgan fingerprint density at radius 3 is 2.06 bits per heavy atom. The van der Waals surface area contributed by atoms with Gasteiger partial charge in [0.25, 0.3) is 0 Å². The van der Waals surface area contributed by atoms with Gasteiger partial charge in [-0.3, -0.25) is 0 Å². The van der Waals surface area contributed by atoms with E-state index in [1.807, 2.05) is 0 Å². The number of hydrogen-bond acceptors (Lipinski definition) is 7. The highest BCUT2D eigenvalue weighted by Gasteiger charge is 2.48. The monoisotopic (exact) mass is 503 g/mol. The number of hydrogen-bond donors (Lipinski definition) is 1. The second-order valence-corrected chi connectivity index (χ2v) is 9.66. The summed E-state index contributed by atoms with van der Waals surface area (Å²) >= 11 is 0. The lowest BCUT2D eigenvalue weighted by atomic mass is 10.1. The van der Waals surface area contributed by atoms with E-state index < -0.39 is 45.1 Å². The summed E-state index contributed by atoms with van der Waals surface area (Å²) in [5, 5.41) is 2.42. The van der Waals surface area contributed by atoms with Crippen LogP contribution in [0.2, 0.25) is 0 Å². The molecule has 0 unspecified atom stereocenters. The van der Waals surface area contributed by atoms with Crippen LogP contribution in [0.15, 0.2) is 54.6 Å². The Morgan fingerprint density at radius 1 is 0.941 bits per heavy atom. The zero-order valence-electron chi connectivity index (χ0n) is 18.6. The van der Waals surface area contributed by atoms with Crippen LogP contribution < -0.4 is 9.50 Å². The van der Waals surface area contributed by atoms with Crippen molar-refractivity contribution < 1.29 is 44.8 Å². The maximum atomic E-state index is 12.7. The van der Waals surface area contributed by atoms with Crippen molar-refractivity contribution in [1.82, 2.24) is 5.32 Å². The molecule has 1 amide bonds. The van der Waals surface area contributed by atoms with Crippen LogP contribution in [-0.2, 0) is 37.4 Å². The van der Waals surface area contributed by atoms with Crippen LogP contribution in [0.4, 0.5) is 18.0 Å². The molecule has 2 aromatic rings. The van der Waals surface area contributed by atoms with Gasteiger partial charge in [0.1, 0.15) is 24.0 Å². The van der Waals surface area contributed by atoms with Crippen molar-refractivity contribution in [3.63, 3.8) is 0 Å². The molecular formula is C22H24F3NO7S. The number of halogens is 3. The fraction of sp³-hybridized carbons (Fsp3) is 0.364. The summed E-state index contributed by atoms with van der Waals surface area (Å²) in [6.07, 6.45) is -0.982. The van der Waals surface area contributed by atoms with E-state index in [9.17, 15) is 31.2 Å². The maximum Gasteiger partial charge on any atom is 0.534 e. The van der Waals surface area contributed by atoms with Crippen LogP contribution in [-0.4, -0.2) is 37.6 Å². The van der Waals surface area contributed by atoms with Crippen molar-refractivity contribution in [2.45, 2.75) is 51.0 Å². The van der Waals surface area contributed by atoms with Gasteiger partial charge in [-0.15, -0.1) is 0 Å². The molecule has 0 radical (unpaired) electrons. The van der Waals surface area contributed by atoms with Crippen LogP contribution in [0.3, 0.4) is 0 Å². The van der Waals surface area contributed by atoms with Crippen LogP contribution in [0, 0.1) is 0 Å². The SMILES string of the molecule is CC(C)(C)OC(=O)N[C@@H](Cc1ccc(OS(=O)(=O)C(F)(F)F)cc1)C(=O)OCc1ccccc1. The molecule has 0 heterocycles. The van der Waals surface area contributed by atoms with E-state index in [0.29, 0.717) is 5.56 Å². The first-order valence-electron chi connectivity index (χ1n) is 9.96. The lowest BCUT2D eigenvalue weighted by Gasteiger charge is -2.23. The van der Waals surface area contributed by atoms with Crippen molar-refractivity contribution in [1.29, 1.82) is 0 Å². The highest BCUT2D eigenvalue weighted by atomic mass is 32.2. The van der Waals surface area contributed by atoms with Crippen molar-refractivity contribution >= 4 is 22.2 Å². The van der Waals surface area contributed by atoms with E-state index in [0.717, 1.165) is 17.7 Å². The van der Waals surface area contributed by atoms with Crippen LogP contribution in [0.25, 0.3) is 0 Å². The van der Waals surface area contributed by atoms with Crippen molar-refractivity contribution in [2.75, 3.05) is 0 Å². The van der Waals surface area contributed by atoms with Gasteiger partial charge in [-0.1, -0.05) is 42.5 Å². The summed E-state index contributed by atoms with van der Waals surface area (Å²) in [5.41, 5.74) is -5.30. The third-order valence-corrected chi connectivity index (χ3v) is 5.03. The molecule has 1 N–H and O–H groups in total. The molecule has 8 nitrogen and oxygen atoms in total. The molecule has 2 rings (SSSR count). The number of ether oxygens (including phenoxy) is 2. The molecule has 0 aromatic heterocycles.